The lowest BCUT2D eigenvalue weighted by molar-refractivity contribution is -0.145. The molecular weight excluding hydrogens is 212 g/mol. The van der Waals surface area contributed by atoms with Crippen molar-refractivity contribution in [3.8, 4) is 0 Å². The first-order valence-electron chi connectivity index (χ1n) is 5.06. The van der Waals surface area contributed by atoms with Crippen LogP contribution in [0.1, 0.15) is 0 Å². The molecule has 0 bridgehead atoms. The quantitative estimate of drug-likeness (QED) is 0.460. The normalized spacial score (nSPS) is 37.2. The maximum Gasteiger partial charge on any atom is 0.212 e. The van der Waals surface area contributed by atoms with Crippen molar-refractivity contribution in [2.75, 3.05) is 28.2 Å². The summed E-state index contributed by atoms with van der Waals surface area (Å²) >= 11 is 0. The van der Waals surface area contributed by atoms with Crippen LogP contribution in [0.5, 0.6) is 0 Å². The van der Waals surface area contributed by atoms with Crippen molar-refractivity contribution < 1.29 is 15.3 Å². The Hall–Kier alpha value is -1.02. The molecule has 7 nitrogen and oxygen atoms in total. The molecule has 0 aliphatic carbocycles. The minimum Gasteiger partial charge on any atom is -0.493 e. The average Bonchev–Trinajstić information content (AvgIpc) is 2.48. The number of hydrogen-bond acceptors (Lipinski definition) is 7. The first kappa shape index (κ1) is 11.5. The Morgan fingerprint density at radius 2 is 1.31 bits per heavy atom. The molecule has 0 aromatic heterocycles. The highest BCUT2D eigenvalue weighted by Gasteiger charge is 2.48. The van der Waals surface area contributed by atoms with Gasteiger partial charge >= 0.3 is 0 Å². The summed E-state index contributed by atoms with van der Waals surface area (Å²) in [4.78, 5) is 6.27. The van der Waals surface area contributed by atoms with E-state index in [-0.39, 0.29) is 12.0 Å². The topological polar surface area (TPSA) is 73.6 Å². The number of hydrogen-bond donors (Lipinski definition) is 3. The molecular formula is C9H18N4O3. The van der Waals surface area contributed by atoms with E-state index in [4.69, 9.17) is 0 Å². The first-order valence-corrected chi connectivity index (χ1v) is 5.06. The Labute approximate surface area is 94.4 Å². The molecule has 0 aromatic carbocycles. The van der Waals surface area contributed by atoms with E-state index in [2.05, 4.69) is 0 Å². The van der Waals surface area contributed by atoms with Gasteiger partial charge in [-0.25, -0.2) is 9.80 Å². The van der Waals surface area contributed by atoms with Crippen LogP contribution in [0.2, 0.25) is 0 Å². The highest BCUT2D eigenvalue weighted by molar-refractivity contribution is 5.20. The standard InChI is InChI=1S/C9H18N4O3/c1-10-5-6(11(2)8(10)15)12(3)9(16)13(4)7(5)14/h6,8-9,14-16H,1-4H3. The van der Waals surface area contributed by atoms with Crippen LogP contribution in [-0.4, -0.2) is 82.0 Å². The molecule has 0 radical (unpaired) electrons. The minimum atomic E-state index is -0.908. The van der Waals surface area contributed by atoms with Crippen molar-refractivity contribution in [1.82, 2.24) is 19.6 Å². The molecule has 2 rings (SSSR count). The van der Waals surface area contributed by atoms with Gasteiger partial charge in [0.2, 0.25) is 5.88 Å². The number of aliphatic hydroxyl groups excluding tert-OH is 3. The Kier molecular flexibility index (Phi) is 2.50. The van der Waals surface area contributed by atoms with Gasteiger partial charge in [-0.05, 0) is 14.1 Å². The van der Waals surface area contributed by atoms with Crippen molar-refractivity contribution in [3.05, 3.63) is 11.6 Å². The number of fused-ring (bicyclic) bond motifs is 1. The summed E-state index contributed by atoms with van der Waals surface area (Å²) in [5, 5.41) is 29.8. The molecule has 2 aliphatic heterocycles. The molecule has 0 spiro atoms. The minimum absolute atomic E-state index is 0.0125. The SMILES string of the molecule is CN1C(O)=C2C(N(C)C1O)N(C)C(O)N2C. The summed E-state index contributed by atoms with van der Waals surface area (Å²) in [6.07, 6.45) is -2.04. The molecule has 92 valence electrons. The third-order valence-corrected chi connectivity index (χ3v) is 3.38. The van der Waals surface area contributed by atoms with Crippen molar-refractivity contribution in [1.29, 1.82) is 0 Å². The molecule has 3 N–H and O–H groups in total. The highest BCUT2D eigenvalue weighted by Crippen LogP contribution is 2.34. The van der Waals surface area contributed by atoms with Gasteiger partial charge in [0.05, 0.1) is 0 Å². The lowest BCUT2D eigenvalue weighted by Gasteiger charge is -2.42. The van der Waals surface area contributed by atoms with Gasteiger partial charge in [-0.3, -0.25) is 0 Å². The zero-order chi connectivity index (χ0) is 12.2. The third kappa shape index (κ3) is 1.23. The number of rotatable bonds is 0. The fourth-order valence-corrected chi connectivity index (χ4v) is 2.34. The van der Waals surface area contributed by atoms with E-state index in [9.17, 15) is 15.3 Å². The average molecular weight is 230 g/mol. The Morgan fingerprint density at radius 3 is 1.81 bits per heavy atom. The Bertz CT molecular complexity index is 335. The Balaban J connectivity index is 2.49. The second kappa shape index (κ2) is 3.49. The summed E-state index contributed by atoms with van der Waals surface area (Å²) in [7, 11) is 6.77. The van der Waals surface area contributed by atoms with Crippen LogP contribution in [0.15, 0.2) is 11.6 Å². The van der Waals surface area contributed by atoms with E-state index in [0.717, 1.165) is 0 Å². The fraction of sp³-hybridized carbons (Fsp3) is 0.778. The van der Waals surface area contributed by atoms with E-state index in [0.29, 0.717) is 5.70 Å². The molecule has 3 atom stereocenters. The smallest absolute Gasteiger partial charge is 0.212 e. The Morgan fingerprint density at radius 1 is 0.875 bits per heavy atom. The lowest BCUT2D eigenvalue weighted by atomic mass is 10.2. The van der Waals surface area contributed by atoms with E-state index < -0.39 is 12.7 Å². The second-order valence-electron chi connectivity index (χ2n) is 4.33. The zero-order valence-electron chi connectivity index (χ0n) is 9.86. The number of aliphatic hydroxyl groups is 3. The van der Waals surface area contributed by atoms with E-state index in [1.165, 1.54) is 4.90 Å². The monoisotopic (exact) mass is 230 g/mol. The maximum absolute atomic E-state index is 9.98. The van der Waals surface area contributed by atoms with Crippen molar-refractivity contribution in [3.63, 3.8) is 0 Å². The molecule has 0 amide bonds. The van der Waals surface area contributed by atoms with Crippen LogP contribution in [0.25, 0.3) is 0 Å². The van der Waals surface area contributed by atoms with Crippen LogP contribution in [0.4, 0.5) is 0 Å². The van der Waals surface area contributed by atoms with Crippen LogP contribution >= 0.6 is 0 Å². The van der Waals surface area contributed by atoms with Crippen LogP contribution in [-0.2, 0) is 0 Å². The van der Waals surface area contributed by atoms with Gasteiger partial charge in [-0.15, -0.1) is 0 Å². The summed E-state index contributed by atoms with van der Waals surface area (Å²) in [5.41, 5.74) is 0.588. The van der Waals surface area contributed by atoms with Gasteiger partial charge in [0, 0.05) is 14.1 Å². The number of likely N-dealkylation sites (N-methyl/N-ethyl adjacent to an activating group) is 3. The van der Waals surface area contributed by atoms with Gasteiger partial charge in [-0.1, -0.05) is 0 Å². The van der Waals surface area contributed by atoms with E-state index in [1.807, 2.05) is 0 Å². The first-order chi connectivity index (χ1) is 7.37. The van der Waals surface area contributed by atoms with Gasteiger partial charge in [0.25, 0.3) is 0 Å². The molecule has 2 heterocycles. The van der Waals surface area contributed by atoms with E-state index >= 15 is 0 Å². The lowest BCUT2D eigenvalue weighted by Crippen LogP contribution is -2.57. The van der Waals surface area contributed by atoms with E-state index in [1.54, 1.807) is 42.9 Å². The van der Waals surface area contributed by atoms with Gasteiger partial charge in [0.15, 0.2) is 12.7 Å². The summed E-state index contributed by atoms with van der Waals surface area (Å²) < 4.78 is 0. The molecule has 1 saturated heterocycles. The van der Waals surface area contributed by atoms with Gasteiger partial charge in [-0.2, -0.15) is 0 Å². The largest absolute Gasteiger partial charge is 0.493 e. The highest BCUT2D eigenvalue weighted by atomic mass is 16.3. The molecule has 0 saturated carbocycles. The van der Waals surface area contributed by atoms with Crippen molar-refractivity contribution in [2.45, 2.75) is 18.9 Å². The predicted octanol–water partition coefficient (Wildman–Crippen LogP) is -1.65. The fourth-order valence-electron chi connectivity index (χ4n) is 2.34. The van der Waals surface area contributed by atoms with Crippen LogP contribution < -0.4 is 0 Å². The molecule has 7 heteroatoms. The number of nitrogens with zero attached hydrogens (tertiary/aromatic N) is 4. The van der Waals surface area contributed by atoms with Crippen molar-refractivity contribution >= 4 is 0 Å². The zero-order valence-corrected chi connectivity index (χ0v) is 9.86. The van der Waals surface area contributed by atoms with Crippen LogP contribution in [0, 0.1) is 0 Å². The predicted molar refractivity (Wildman–Crippen MR) is 56.5 cm³/mol. The van der Waals surface area contributed by atoms with Gasteiger partial charge < -0.3 is 25.1 Å². The van der Waals surface area contributed by atoms with Crippen LogP contribution in [0.3, 0.4) is 0 Å². The van der Waals surface area contributed by atoms with Crippen molar-refractivity contribution in [2.24, 2.45) is 0 Å². The third-order valence-electron chi connectivity index (χ3n) is 3.38. The summed E-state index contributed by atoms with van der Waals surface area (Å²) in [5.74, 6) is -0.0125. The van der Waals surface area contributed by atoms with Gasteiger partial charge in [0.1, 0.15) is 11.9 Å². The second-order valence-corrected chi connectivity index (χ2v) is 4.33. The summed E-state index contributed by atoms with van der Waals surface area (Å²) in [6, 6.07) is 0. The maximum atomic E-state index is 9.98. The molecule has 2 aliphatic rings. The molecule has 0 aromatic rings. The summed E-state index contributed by atoms with van der Waals surface area (Å²) in [6.45, 7) is 0. The molecule has 16 heavy (non-hydrogen) atoms. The molecule has 3 unspecified atom stereocenters. The molecule has 1 fully saturated rings.